The van der Waals surface area contributed by atoms with Gasteiger partial charge >= 0.3 is 7.11 Å². The molecule has 0 aliphatic carbocycles. The molecule has 1 saturated heterocycles. The maximum absolute atomic E-state index is 14.0. The highest BCUT2D eigenvalue weighted by Crippen LogP contribution is 2.42. The van der Waals surface area contributed by atoms with Crippen LogP contribution in [0.4, 0.5) is 8.63 Å². The van der Waals surface area contributed by atoms with Gasteiger partial charge in [-0.2, -0.15) is 0 Å². The molecular weight excluding hydrogens is 313 g/mol. The van der Waals surface area contributed by atoms with Crippen LogP contribution in [0.3, 0.4) is 0 Å². The van der Waals surface area contributed by atoms with E-state index in [0.29, 0.717) is 29.9 Å². The molecule has 2 aromatic carbocycles. The molecule has 3 rings (SSSR count). The Hall–Kier alpha value is -2.18. The summed E-state index contributed by atoms with van der Waals surface area (Å²) in [7, 11) is -4.33. The fraction of sp³-hybridized carbons (Fsp3) is 0.222. The molecule has 2 unspecified atom stereocenters. The summed E-state index contributed by atoms with van der Waals surface area (Å²) in [6.07, 6.45) is 0.469. The van der Waals surface area contributed by atoms with E-state index in [1.165, 1.54) is 0 Å². The van der Waals surface area contributed by atoms with Gasteiger partial charge in [0, 0.05) is 18.6 Å². The first kappa shape index (κ1) is 16.7. The predicted octanol–water partition coefficient (Wildman–Crippen LogP) is 4.85. The highest BCUT2D eigenvalue weighted by atomic mass is 19.3. The van der Waals surface area contributed by atoms with E-state index < -0.39 is 19.3 Å². The highest BCUT2D eigenvalue weighted by Gasteiger charge is 2.40. The first-order valence-corrected chi connectivity index (χ1v) is 7.81. The SMILES string of the molecule is C=CCOc1cccc(C2CC(c3ccccc3)O[B-](F)(F)O2)c1. The van der Waals surface area contributed by atoms with E-state index >= 15 is 0 Å². The minimum Gasteiger partial charge on any atom is -0.505 e. The van der Waals surface area contributed by atoms with E-state index in [0.717, 1.165) is 0 Å². The van der Waals surface area contributed by atoms with Crippen molar-refractivity contribution in [3.05, 3.63) is 78.4 Å². The number of ether oxygens (including phenoxy) is 1. The van der Waals surface area contributed by atoms with Crippen LogP contribution >= 0.6 is 0 Å². The van der Waals surface area contributed by atoms with Crippen molar-refractivity contribution in [2.45, 2.75) is 18.6 Å². The van der Waals surface area contributed by atoms with Crippen LogP contribution in [0.1, 0.15) is 29.8 Å². The second kappa shape index (κ2) is 7.15. The number of benzene rings is 2. The maximum Gasteiger partial charge on any atom is 0.602 e. The molecule has 126 valence electrons. The van der Waals surface area contributed by atoms with Crippen LogP contribution in [0.15, 0.2) is 67.3 Å². The standard InChI is InChI=1S/C18H18BF2O3/c1-2-11-22-16-10-6-9-15(12-16)18-13-17(23-19(20,21)24-18)14-7-4-3-5-8-14/h2-10,12,17-18H,1,11,13H2/q-1. The fourth-order valence-electron chi connectivity index (χ4n) is 2.78. The summed E-state index contributed by atoms with van der Waals surface area (Å²) in [5.74, 6) is 0.592. The van der Waals surface area contributed by atoms with Crippen molar-refractivity contribution in [3.63, 3.8) is 0 Å². The van der Waals surface area contributed by atoms with Crippen LogP contribution in [-0.2, 0) is 9.31 Å². The molecule has 1 heterocycles. The second-order valence-corrected chi connectivity index (χ2v) is 5.60. The summed E-state index contributed by atoms with van der Waals surface area (Å²) in [5.41, 5.74) is 1.36. The lowest BCUT2D eigenvalue weighted by molar-refractivity contribution is -0.0531. The molecule has 3 nitrogen and oxygen atoms in total. The zero-order valence-corrected chi connectivity index (χ0v) is 13.1. The number of halogens is 2. The Morgan fingerprint density at radius 2 is 1.71 bits per heavy atom. The summed E-state index contributed by atoms with van der Waals surface area (Å²) < 4.78 is 43.1. The summed E-state index contributed by atoms with van der Waals surface area (Å²) in [6, 6.07) is 16.0. The minimum atomic E-state index is -4.33. The first-order valence-electron chi connectivity index (χ1n) is 7.81. The first-order chi connectivity index (χ1) is 11.6. The summed E-state index contributed by atoms with van der Waals surface area (Å²) in [5, 5.41) is 0. The van der Waals surface area contributed by atoms with E-state index in [1.807, 2.05) is 6.07 Å². The van der Waals surface area contributed by atoms with E-state index in [-0.39, 0.29) is 0 Å². The van der Waals surface area contributed by atoms with Crippen LogP contribution in [0.25, 0.3) is 0 Å². The molecule has 1 fully saturated rings. The molecule has 0 aromatic heterocycles. The predicted molar refractivity (Wildman–Crippen MR) is 88.8 cm³/mol. The molecular formula is C18H18BF2O3-. The monoisotopic (exact) mass is 331 g/mol. The molecule has 24 heavy (non-hydrogen) atoms. The fourth-order valence-corrected chi connectivity index (χ4v) is 2.78. The van der Waals surface area contributed by atoms with Crippen molar-refractivity contribution in [3.8, 4) is 5.75 Å². The Morgan fingerprint density at radius 1 is 1.04 bits per heavy atom. The Labute approximate surface area is 139 Å². The van der Waals surface area contributed by atoms with Crippen LogP contribution < -0.4 is 4.74 Å². The van der Waals surface area contributed by atoms with Crippen molar-refractivity contribution in [1.82, 2.24) is 0 Å². The normalized spacial score (nSPS) is 22.8. The Morgan fingerprint density at radius 3 is 2.42 bits per heavy atom. The summed E-state index contributed by atoms with van der Waals surface area (Å²) in [6.45, 7) is 3.94. The van der Waals surface area contributed by atoms with Crippen molar-refractivity contribution in [2.75, 3.05) is 6.61 Å². The van der Waals surface area contributed by atoms with Gasteiger partial charge in [-0.15, -0.1) is 0 Å². The molecule has 1 aliphatic rings. The number of rotatable bonds is 5. The third-order valence-corrected chi connectivity index (χ3v) is 3.84. The van der Waals surface area contributed by atoms with Crippen molar-refractivity contribution in [2.24, 2.45) is 0 Å². The van der Waals surface area contributed by atoms with Gasteiger partial charge < -0.3 is 22.7 Å². The quantitative estimate of drug-likeness (QED) is 0.579. The lowest BCUT2D eigenvalue weighted by Gasteiger charge is -2.42. The van der Waals surface area contributed by atoms with E-state index in [1.54, 1.807) is 54.6 Å². The van der Waals surface area contributed by atoms with Crippen LogP contribution in [0.5, 0.6) is 5.75 Å². The van der Waals surface area contributed by atoms with Crippen LogP contribution in [-0.4, -0.2) is 13.7 Å². The topological polar surface area (TPSA) is 27.7 Å². The van der Waals surface area contributed by atoms with Gasteiger partial charge in [0.05, 0.1) is 0 Å². The highest BCUT2D eigenvalue weighted by molar-refractivity contribution is 6.52. The lowest BCUT2D eigenvalue weighted by Crippen LogP contribution is -2.40. The smallest absolute Gasteiger partial charge is 0.505 e. The Bertz CT molecular complexity index is 694. The number of hydrogen-bond acceptors (Lipinski definition) is 3. The molecule has 0 spiro atoms. The number of hydrogen-bond donors (Lipinski definition) is 0. The maximum atomic E-state index is 14.0. The second-order valence-electron chi connectivity index (χ2n) is 5.60. The molecule has 2 atom stereocenters. The molecule has 0 radical (unpaired) electrons. The Balaban J connectivity index is 1.83. The third kappa shape index (κ3) is 4.02. The van der Waals surface area contributed by atoms with Gasteiger partial charge in [0.15, 0.2) is 0 Å². The zero-order valence-electron chi connectivity index (χ0n) is 13.1. The minimum absolute atomic E-state index is 0.312. The van der Waals surface area contributed by atoms with E-state index in [4.69, 9.17) is 14.0 Å². The summed E-state index contributed by atoms with van der Waals surface area (Å²) in [4.78, 5) is 0. The average Bonchev–Trinajstić information content (AvgIpc) is 2.59. The molecule has 0 amide bonds. The van der Waals surface area contributed by atoms with Gasteiger partial charge in [0.1, 0.15) is 12.4 Å². The molecule has 2 aromatic rings. The van der Waals surface area contributed by atoms with Gasteiger partial charge in [-0.1, -0.05) is 55.1 Å². The van der Waals surface area contributed by atoms with Gasteiger partial charge in [0.25, 0.3) is 0 Å². The van der Waals surface area contributed by atoms with Gasteiger partial charge in [-0.25, -0.2) is 0 Å². The Kier molecular flexibility index (Phi) is 4.97. The zero-order chi connectivity index (χ0) is 17.0. The largest absolute Gasteiger partial charge is 0.602 e. The molecule has 6 heteroatoms. The van der Waals surface area contributed by atoms with Gasteiger partial charge in [-0.05, 0) is 23.3 Å². The molecule has 0 bridgehead atoms. The molecule has 1 aliphatic heterocycles. The van der Waals surface area contributed by atoms with Crippen molar-refractivity contribution >= 4 is 7.11 Å². The average molecular weight is 331 g/mol. The van der Waals surface area contributed by atoms with Crippen molar-refractivity contribution < 1.29 is 22.7 Å². The molecule has 0 N–H and O–H groups in total. The summed E-state index contributed by atoms with van der Waals surface area (Å²) >= 11 is 0. The molecule has 0 saturated carbocycles. The van der Waals surface area contributed by atoms with Gasteiger partial charge in [0.2, 0.25) is 0 Å². The van der Waals surface area contributed by atoms with E-state index in [2.05, 4.69) is 6.58 Å². The van der Waals surface area contributed by atoms with Gasteiger partial charge in [-0.3, -0.25) is 0 Å². The van der Waals surface area contributed by atoms with Crippen molar-refractivity contribution in [1.29, 1.82) is 0 Å². The van der Waals surface area contributed by atoms with Crippen LogP contribution in [0.2, 0.25) is 0 Å². The van der Waals surface area contributed by atoms with Crippen LogP contribution in [0, 0.1) is 0 Å². The van der Waals surface area contributed by atoms with E-state index in [9.17, 15) is 8.63 Å². The lowest BCUT2D eigenvalue weighted by atomic mass is 9.93. The third-order valence-electron chi connectivity index (χ3n) is 3.84.